The maximum Gasteiger partial charge on any atom is 0.249 e. The summed E-state index contributed by atoms with van der Waals surface area (Å²) in [7, 11) is 0. The number of β-amino-alcohol motifs (C(OH)–C–C–N with tert-alkyl or cyclic N) is 1. The van der Waals surface area contributed by atoms with Crippen molar-refractivity contribution < 1.29 is 23.4 Å². The Hall–Kier alpha value is -1.53. The molecule has 6 heteroatoms. The average Bonchev–Trinajstić information content (AvgIpc) is 2.98. The lowest BCUT2D eigenvalue weighted by atomic mass is 9.98. The quantitative estimate of drug-likeness (QED) is 0.918. The molecule has 0 spiro atoms. The van der Waals surface area contributed by atoms with Crippen LogP contribution in [0.4, 0.5) is 8.78 Å². The standard InChI is InChI=1S/C18H23F2NO3/c19-15-7-6-12(8-16(15)20)17-9-13(22)10-21(17)18(23)11-24-14-4-2-1-3-5-14/h6-8,13-14,17,22H,1-5,9-11H2/t13-,17-/m1/s1. The molecule has 1 saturated heterocycles. The van der Waals surface area contributed by atoms with Crippen LogP contribution in [0.3, 0.4) is 0 Å². The van der Waals surface area contributed by atoms with Gasteiger partial charge >= 0.3 is 0 Å². The van der Waals surface area contributed by atoms with E-state index in [9.17, 15) is 18.7 Å². The highest BCUT2D eigenvalue weighted by Gasteiger charge is 2.35. The van der Waals surface area contributed by atoms with Crippen LogP contribution in [0.25, 0.3) is 0 Å². The van der Waals surface area contributed by atoms with E-state index >= 15 is 0 Å². The molecule has 2 fully saturated rings. The first kappa shape index (κ1) is 17.3. The zero-order valence-corrected chi connectivity index (χ0v) is 13.6. The van der Waals surface area contributed by atoms with E-state index in [0.29, 0.717) is 12.0 Å². The molecule has 1 aliphatic carbocycles. The molecule has 1 aromatic carbocycles. The molecule has 4 nitrogen and oxygen atoms in total. The Labute approximate surface area is 140 Å². The number of rotatable bonds is 4. The van der Waals surface area contributed by atoms with Gasteiger partial charge in [-0.2, -0.15) is 0 Å². The van der Waals surface area contributed by atoms with Crippen molar-refractivity contribution in [3.63, 3.8) is 0 Å². The fraction of sp³-hybridized carbons (Fsp3) is 0.611. The van der Waals surface area contributed by atoms with Crippen molar-refractivity contribution >= 4 is 5.91 Å². The highest BCUT2D eigenvalue weighted by molar-refractivity contribution is 5.78. The molecule has 1 saturated carbocycles. The molecule has 0 aromatic heterocycles. The molecular weight excluding hydrogens is 316 g/mol. The van der Waals surface area contributed by atoms with Crippen LogP contribution in [0.15, 0.2) is 18.2 Å². The first-order chi connectivity index (χ1) is 11.5. The summed E-state index contributed by atoms with van der Waals surface area (Å²) < 4.78 is 32.3. The third-order valence-electron chi connectivity index (χ3n) is 4.92. The maximum absolute atomic E-state index is 13.5. The van der Waals surface area contributed by atoms with Crippen LogP contribution in [-0.4, -0.2) is 41.3 Å². The summed E-state index contributed by atoms with van der Waals surface area (Å²) in [4.78, 5) is 14.0. The Kier molecular flexibility index (Phi) is 5.46. The molecule has 1 aromatic rings. The zero-order valence-electron chi connectivity index (χ0n) is 13.6. The molecule has 1 heterocycles. The molecule has 132 valence electrons. The van der Waals surface area contributed by atoms with Crippen molar-refractivity contribution in [3.05, 3.63) is 35.4 Å². The van der Waals surface area contributed by atoms with Gasteiger partial charge in [0.1, 0.15) is 6.61 Å². The van der Waals surface area contributed by atoms with Gasteiger partial charge in [-0.25, -0.2) is 8.78 Å². The first-order valence-corrected chi connectivity index (χ1v) is 8.58. The summed E-state index contributed by atoms with van der Waals surface area (Å²) in [5, 5.41) is 9.92. The second-order valence-electron chi connectivity index (χ2n) is 6.70. The minimum absolute atomic E-state index is 0.0302. The number of aliphatic hydroxyl groups is 1. The van der Waals surface area contributed by atoms with Crippen molar-refractivity contribution in [1.82, 2.24) is 4.90 Å². The molecular formula is C18H23F2NO3. The lowest BCUT2D eigenvalue weighted by molar-refractivity contribution is -0.140. The third kappa shape index (κ3) is 3.92. The van der Waals surface area contributed by atoms with E-state index in [2.05, 4.69) is 0 Å². The van der Waals surface area contributed by atoms with Gasteiger partial charge in [0.2, 0.25) is 5.91 Å². The first-order valence-electron chi connectivity index (χ1n) is 8.58. The van der Waals surface area contributed by atoms with Crippen LogP contribution in [0, 0.1) is 11.6 Å². The van der Waals surface area contributed by atoms with Gasteiger partial charge in [0.15, 0.2) is 11.6 Å². The highest BCUT2D eigenvalue weighted by atomic mass is 19.2. The summed E-state index contributed by atoms with van der Waals surface area (Å²) in [6.45, 7) is 0.161. The maximum atomic E-state index is 13.5. The largest absolute Gasteiger partial charge is 0.391 e. The van der Waals surface area contributed by atoms with Crippen LogP contribution < -0.4 is 0 Å². The number of amides is 1. The zero-order chi connectivity index (χ0) is 17.1. The van der Waals surface area contributed by atoms with Crippen LogP contribution in [0.2, 0.25) is 0 Å². The minimum Gasteiger partial charge on any atom is -0.391 e. The number of hydrogen-bond acceptors (Lipinski definition) is 3. The minimum atomic E-state index is -0.945. The van der Waals surface area contributed by atoms with Gasteiger partial charge in [-0.3, -0.25) is 4.79 Å². The van der Waals surface area contributed by atoms with E-state index in [1.807, 2.05) is 0 Å². The number of carbonyl (C=O) groups excluding carboxylic acids is 1. The Morgan fingerprint density at radius 3 is 2.67 bits per heavy atom. The normalized spacial score (nSPS) is 25.2. The topological polar surface area (TPSA) is 49.8 Å². The van der Waals surface area contributed by atoms with E-state index in [4.69, 9.17) is 4.74 Å². The van der Waals surface area contributed by atoms with Crippen molar-refractivity contribution in [2.45, 2.75) is 56.8 Å². The Morgan fingerprint density at radius 2 is 1.96 bits per heavy atom. The summed E-state index contributed by atoms with van der Waals surface area (Å²) in [5.74, 6) is -2.08. The second kappa shape index (κ2) is 7.57. The number of aliphatic hydroxyl groups excluding tert-OH is 1. The number of benzene rings is 1. The Morgan fingerprint density at radius 1 is 1.21 bits per heavy atom. The van der Waals surface area contributed by atoms with E-state index in [1.165, 1.54) is 17.4 Å². The monoisotopic (exact) mass is 339 g/mol. The summed E-state index contributed by atoms with van der Waals surface area (Å²) in [6.07, 6.45) is 5.19. The number of hydrogen-bond donors (Lipinski definition) is 1. The number of nitrogens with zero attached hydrogens (tertiary/aromatic N) is 1. The number of likely N-dealkylation sites (tertiary alicyclic amines) is 1. The fourth-order valence-corrected chi connectivity index (χ4v) is 3.63. The van der Waals surface area contributed by atoms with Crippen LogP contribution in [-0.2, 0) is 9.53 Å². The van der Waals surface area contributed by atoms with Crippen molar-refractivity contribution in [1.29, 1.82) is 0 Å². The summed E-state index contributed by atoms with van der Waals surface area (Å²) in [5.41, 5.74) is 0.497. The molecule has 3 rings (SSSR count). The number of halogens is 2. The van der Waals surface area contributed by atoms with E-state index in [-0.39, 0.29) is 25.2 Å². The van der Waals surface area contributed by atoms with Gasteiger partial charge < -0.3 is 14.7 Å². The van der Waals surface area contributed by atoms with Crippen LogP contribution >= 0.6 is 0 Å². The Bertz CT molecular complexity index is 590. The lowest BCUT2D eigenvalue weighted by Gasteiger charge is -2.27. The van der Waals surface area contributed by atoms with Gasteiger partial charge in [0, 0.05) is 6.54 Å². The molecule has 24 heavy (non-hydrogen) atoms. The van der Waals surface area contributed by atoms with Gasteiger partial charge in [-0.15, -0.1) is 0 Å². The highest BCUT2D eigenvalue weighted by Crippen LogP contribution is 2.33. The van der Waals surface area contributed by atoms with Gasteiger partial charge in [0.25, 0.3) is 0 Å². The third-order valence-corrected chi connectivity index (χ3v) is 4.92. The molecule has 2 atom stereocenters. The molecule has 1 N–H and O–H groups in total. The molecule has 0 radical (unpaired) electrons. The molecule has 1 amide bonds. The molecule has 0 bridgehead atoms. The van der Waals surface area contributed by atoms with Crippen LogP contribution in [0.5, 0.6) is 0 Å². The number of carbonyl (C=O) groups is 1. The SMILES string of the molecule is O=C(COC1CCCCC1)N1C[C@H](O)C[C@@H]1c1ccc(F)c(F)c1. The second-order valence-corrected chi connectivity index (χ2v) is 6.70. The molecule has 1 aliphatic heterocycles. The fourth-order valence-electron chi connectivity index (χ4n) is 3.63. The van der Waals surface area contributed by atoms with Crippen molar-refractivity contribution in [2.24, 2.45) is 0 Å². The predicted octanol–water partition coefficient (Wildman–Crippen LogP) is 2.95. The van der Waals surface area contributed by atoms with E-state index in [0.717, 1.165) is 37.8 Å². The average molecular weight is 339 g/mol. The van der Waals surface area contributed by atoms with Gasteiger partial charge in [-0.1, -0.05) is 25.3 Å². The van der Waals surface area contributed by atoms with Crippen molar-refractivity contribution in [2.75, 3.05) is 13.2 Å². The smallest absolute Gasteiger partial charge is 0.249 e. The summed E-state index contributed by atoms with van der Waals surface area (Å²) in [6, 6.07) is 3.16. The number of ether oxygens (including phenoxy) is 1. The van der Waals surface area contributed by atoms with Crippen molar-refractivity contribution in [3.8, 4) is 0 Å². The predicted molar refractivity (Wildman–Crippen MR) is 84.3 cm³/mol. The van der Waals surface area contributed by atoms with E-state index < -0.39 is 23.8 Å². The molecule has 0 unspecified atom stereocenters. The van der Waals surface area contributed by atoms with Crippen LogP contribution in [0.1, 0.15) is 50.1 Å². The Balaban J connectivity index is 1.65. The lowest BCUT2D eigenvalue weighted by Crippen LogP contribution is -2.36. The van der Waals surface area contributed by atoms with Gasteiger partial charge in [-0.05, 0) is 37.0 Å². The van der Waals surface area contributed by atoms with Gasteiger partial charge in [0.05, 0.1) is 18.2 Å². The van der Waals surface area contributed by atoms with E-state index in [1.54, 1.807) is 0 Å². The summed E-state index contributed by atoms with van der Waals surface area (Å²) >= 11 is 0. The molecule has 2 aliphatic rings.